The van der Waals surface area contributed by atoms with Crippen molar-refractivity contribution in [3.8, 4) is 0 Å². The molecule has 0 saturated heterocycles. The second-order valence-corrected chi connectivity index (χ2v) is 6.10. The van der Waals surface area contributed by atoms with Crippen molar-refractivity contribution in [2.24, 2.45) is 0 Å². The molecule has 0 radical (unpaired) electrons. The van der Waals surface area contributed by atoms with Crippen molar-refractivity contribution in [3.63, 3.8) is 0 Å². The fraction of sp³-hybridized carbons (Fsp3) is 0.167. The fourth-order valence-corrected chi connectivity index (χ4v) is 3.48. The molecule has 1 aliphatic rings. The van der Waals surface area contributed by atoms with Crippen molar-refractivity contribution in [2.75, 3.05) is 0 Å². The Kier molecular flexibility index (Phi) is 2.79. The molecule has 0 saturated carbocycles. The van der Waals surface area contributed by atoms with Crippen LogP contribution in [0.1, 0.15) is 11.3 Å². The molecule has 5 nitrogen and oxygen atoms in total. The van der Waals surface area contributed by atoms with Crippen LogP contribution in [0.4, 0.5) is 4.39 Å². The molecule has 0 aliphatic carbocycles. The third-order valence-electron chi connectivity index (χ3n) is 3.01. The summed E-state index contributed by atoms with van der Waals surface area (Å²) in [6.07, 6.45) is 2.96. The Morgan fingerprint density at radius 3 is 2.74 bits per heavy atom. The first kappa shape index (κ1) is 12.2. The van der Waals surface area contributed by atoms with E-state index in [1.54, 1.807) is 6.20 Å². The minimum absolute atomic E-state index is 0.147. The molecular weight excluding hydrogens is 269 g/mol. The van der Waals surface area contributed by atoms with Crippen LogP contribution in [-0.2, 0) is 23.1 Å². The predicted octanol–water partition coefficient (Wildman–Crippen LogP) is 1.32. The molecular formula is C12H10FN3O2S. The van der Waals surface area contributed by atoms with E-state index in [1.807, 2.05) is 0 Å². The highest BCUT2D eigenvalue weighted by molar-refractivity contribution is 7.89. The monoisotopic (exact) mass is 279 g/mol. The maximum Gasteiger partial charge on any atom is 0.246 e. The van der Waals surface area contributed by atoms with Crippen molar-refractivity contribution >= 4 is 10.0 Å². The van der Waals surface area contributed by atoms with Gasteiger partial charge in [-0.1, -0.05) is 12.1 Å². The molecule has 7 heteroatoms. The summed E-state index contributed by atoms with van der Waals surface area (Å²) in [4.78, 5) is 7.58. The average molecular weight is 279 g/mol. The Hall–Kier alpha value is -1.86. The molecule has 0 bridgehead atoms. The van der Waals surface area contributed by atoms with Crippen LogP contribution >= 0.6 is 0 Å². The number of hydrogen-bond acceptors (Lipinski definition) is 4. The summed E-state index contributed by atoms with van der Waals surface area (Å²) < 4.78 is 39.6. The molecule has 3 rings (SSSR count). The van der Waals surface area contributed by atoms with E-state index in [1.165, 1.54) is 28.8 Å². The fourth-order valence-electron chi connectivity index (χ4n) is 2.03. The lowest BCUT2D eigenvalue weighted by atomic mass is 10.3. The van der Waals surface area contributed by atoms with E-state index in [2.05, 4.69) is 9.97 Å². The number of nitrogens with zero attached hydrogens (tertiary/aromatic N) is 3. The summed E-state index contributed by atoms with van der Waals surface area (Å²) >= 11 is 0. The first-order chi connectivity index (χ1) is 9.09. The molecule has 1 aromatic heterocycles. The van der Waals surface area contributed by atoms with Crippen LogP contribution < -0.4 is 0 Å². The van der Waals surface area contributed by atoms with Crippen molar-refractivity contribution < 1.29 is 12.8 Å². The molecule has 2 aromatic rings. The van der Waals surface area contributed by atoms with E-state index >= 15 is 0 Å². The molecule has 0 unspecified atom stereocenters. The van der Waals surface area contributed by atoms with Crippen LogP contribution in [0.5, 0.6) is 0 Å². The summed E-state index contributed by atoms with van der Waals surface area (Å²) in [5.41, 5.74) is 1.41. The summed E-state index contributed by atoms with van der Waals surface area (Å²) in [7, 11) is -3.85. The maximum absolute atomic E-state index is 13.6. The smallest absolute Gasteiger partial charge is 0.244 e. The lowest BCUT2D eigenvalue weighted by Gasteiger charge is -2.15. The van der Waals surface area contributed by atoms with Gasteiger partial charge in [-0.2, -0.15) is 4.31 Å². The Bertz CT molecular complexity index is 708. The third-order valence-corrected chi connectivity index (χ3v) is 4.83. The minimum atomic E-state index is -3.85. The van der Waals surface area contributed by atoms with Gasteiger partial charge in [-0.15, -0.1) is 0 Å². The molecule has 0 spiro atoms. The first-order valence-corrected chi connectivity index (χ1v) is 7.05. The molecule has 0 fully saturated rings. The normalized spacial score (nSPS) is 15.4. The van der Waals surface area contributed by atoms with Gasteiger partial charge in [0.25, 0.3) is 0 Å². The van der Waals surface area contributed by atoms with Gasteiger partial charge in [0.2, 0.25) is 10.0 Å². The Labute approximate surface area is 109 Å². The first-order valence-electron chi connectivity index (χ1n) is 5.61. The second kappa shape index (κ2) is 4.36. The number of rotatable bonds is 2. The van der Waals surface area contributed by atoms with Gasteiger partial charge in [-0.3, -0.25) is 0 Å². The zero-order valence-corrected chi connectivity index (χ0v) is 10.6. The van der Waals surface area contributed by atoms with Gasteiger partial charge in [-0.05, 0) is 12.1 Å². The van der Waals surface area contributed by atoms with E-state index < -0.39 is 15.8 Å². The van der Waals surface area contributed by atoms with Gasteiger partial charge in [0.1, 0.15) is 17.0 Å². The topological polar surface area (TPSA) is 63.2 Å². The van der Waals surface area contributed by atoms with Gasteiger partial charge < -0.3 is 0 Å². The van der Waals surface area contributed by atoms with Crippen LogP contribution in [0.25, 0.3) is 0 Å². The number of aromatic nitrogens is 2. The highest BCUT2D eigenvalue weighted by Crippen LogP contribution is 2.27. The Balaban J connectivity index is 1.99. The van der Waals surface area contributed by atoms with E-state index in [0.29, 0.717) is 5.69 Å². The zero-order valence-electron chi connectivity index (χ0n) is 9.82. The number of sulfonamides is 1. The van der Waals surface area contributed by atoms with Crippen LogP contribution in [0.15, 0.2) is 41.7 Å². The van der Waals surface area contributed by atoms with Crippen LogP contribution in [-0.4, -0.2) is 22.7 Å². The Morgan fingerprint density at radius 1 is 1.21 bits per heavy atom. The standard InChI is InChI=1S/C12H10FN3O2S/c13-10-3-1-2-4-12(10)19(17,18)16-6-9-5-14-8-15-11(9)7-16/h1-5,8H,6-7H2. The van der Waals surface area contributed by atoms with Crippen molar-refractivity contribution in [3.05, 3.63) is 53.9 Å². The minimum Gasteiger partial charge on any atom is -0.244 e. The zero-order chi connectivity index (χ0) is 13.5. The van der Waals surface area contributed by atoms with Crippen molar-refractivity contribution in [1.29, 1.82) is 0 Å². The lowest BCUT2D eigenvalue weighted by molar-refractivity contribution is 0.425. The van der Waals surface area contributed by atoms with Gasteiger partial charge in [-0.25, -0.2) is 22.8 Å². The van der Waals surface area contributed by atoms with Crippen LogP contribution in [0.3, 0.4) is 0 Å². The average Bonchev–Trinajstić information content (AvgIpc) is 2.83. The third kappa shape index (κ3) is 2.00. The van der Waals surface area contributed by atoms with E-state index in [0.717, 1.165) is 11.6 Å². The van der Waals surface area contributed by atoms with Crippen molar-refractivity contribution in [2.45, 2.75) is 18.0 Å². The summed E-state index contributed by atoms with van der Waals surface area (Å²) in [5.74, 6) is -0.746. The Morgan fingerprint density at radius 2 is 2.00 bits per heavy atom. The molecule has 1 aliphatic heterocycles. The van der Waals surface area contributed by atoms with E-state index in [9.17, 15) is 12.8 Å². The van der Waals surface area contributed by atoms with E-state index in [-0.39, 0.29) is 18.0 Å². The SMILES string of the molecule is O=S(=O)(c1ccccc1F)N1Cc2cncnc2C1. The summed E-state index contributed by atoms with van der Waals surface area (Å²) in [6, 6.07) is 5.35. The van der Waals surface area contributed by atoms with Gasteiger partial charge in [0, 0.05) is 18.3 Å². The number of halogens is 1. The van der Waals surface area contributed by atoms with Crippen molar-refractivity contribution in [1.82, 2.24) is 14.3 Å². The van der Waals surface area contributed by atoms with Crippen LogP contribution in [0.2, 0.25) is 0 Å². The number of hydrogen-bond donors (Lipinski definition) is 0. The molecule has 19 heavy (non-hydrogen) atoms. The van der Waals surface area contributed by atoms with Gasteiger partial charge in [0.15, 0.2) is 0 Å². The molecule has 0 amide bonds. The molecule has 2 heterocycles. The molecule has 1 aromatic carbocycles. The second-order valence-electron chi connectivity index (χ2n) is 4.20. The highest BCUT2D eigenvalue weighted by atomic mass is 32.2. The van der Waals surface area contributed by atoms with E-state index in [4.69, 9.17) is 0 Å². The summed E-state index contributed by atoms with van der Waals surface area (Å²) in [5, 5.41) is 0. The molecule has 0 atom stereocenters. The maximum atomic E-state index is 13.6. The quantitative estimate of drug-likeness (QED) is 0.831. The van der Waals surface area contributed by atoms with Crippen LogP contribution in [0, 0.1) is 5.82 Å². The highest BCUT2D eigenvalue weighted by Gasteiger charge is 2.32. The van der Waals surface area contributed by atoms with Gasteiger partial charge >= 0.3 is 0 Å². The largest absolute Gasteiger partial charge is 0.246 e. The number of fused-ring (bicyclic) bond motifs is 1. The lowest BCUT2D eigenvalue weighted by Crippen LogP contribution is -2.26. The van der Waals surface area contributed by atoms with Gasteiger partial charge in [0.05, 0.1) is 12.2 Å². The molecule has 0 N–H and O–H groups in total. The molecule has 98 valence electrons. The number of benzene rings is 1. The summed E-state index contributed by atoms with van der Waals surface area (Å²) in [6.45, 7) is 0.321. The predicted molar refractivity (Wildman–Crippen MR) is 64.9 cm³/mol.